The second-order valence-corrected chi connectivity index (χ2v) is 13.6. The number of rotatable bonds is 11. The fourth-order valence-electron chi connectivity index (χ4n) is 2.98. The smallest absolute Gasteiger partial charge is 0.372 e. The summed E-state index contributed by atoms with van der Waals surface area (Å²) in [6, 6.07) is 9.21. The van der Waals surface area contributed by atoms with Gasteiger partial charge in [0.2, 0.25) is 11.8 Å². The summed E-state index contributed by atoms with van der Waals surface area (Å²) in [5, 5.41) is 7.64. The lowest BCUT2D eigenvalue weighted by Gasteiger charge is -2.20. The van der Waals surface area contributed by atoms with E-state index in [4.69, 9.17) is 39.4 Å². The summed E-state index contributed by atoms with van der Waals surface area (Å²) < 4.78 is 5.08. The van der Waals surface area contributed by atoms with Crippen molar-refractivity contribution >= 4 is 80.9 Å². The third-order valence-corrected chi connectivity index (χ3v) is 7.05. The van der Waals surface area contributed by atoms with Crippen LogP contribution >= 0.6 is 46.7 Å². The zero-order valence-corrected chi connectivity index (χ0v) is 28.6. The van der Waals surface area contributed by atoms with Crippen LogP contribution < -0.4 is 27.4 Å². The standard InChI is InChI=1S/C15H19ClN2O4S.C14H18ClN3O3S/c1-9(2)8-22-15(21)23-12-4-3-10(16)7-11(12)14(20)18-6-5-13(17)19;1-14(2,3)18-13(21)22-10-5-4-8(15)6-9(10)12(20)17-7-11(16)19/h3-4,7,9H,5-6,8H2,1-2H3,(H2,17,19)(H,18,20);4-6H,7H2,1-3H3,(H2,16,19)(H,17,20)(H,18,21). The highest BCUT2D eigenvalue weighted by Gasteiger charge is 2.20. The normalized spacial score (nSPS) is 10.7. The first-order valence-corrected chi connectivity index (χ1v) is 15.8. The molecule has 0 aliphatic rings. The van der Waals surface area contributed by atoms with Crippen molar-refractivity contribution in [3.05, 3.63) is 57.6 Å². The summed E-state index contributed by atoms with van der Waals surface area (Å²) in [5.41, 5.74) is 10.1. The summed E-state index contributed by atoms with van der Waals surface area (Å²) >= 11 is 13.5. The minimum atomic E-state index is -0.657. The first kappa shape index (κ1) is 39.6. The molecule has 0 bridgehead atoms. The molecule has 12 nitrogen and oxygen atoms in total. The van der Waals surface area contributed by atoms with Gasteiger partial charge in [0, 0.05) is 38.3 Å². The molecule has 0 aliphatic carbocycles. The first-order chi connectivity index (χ1) is 20.9. The molecular formula is C29H37Cl2N5O7S2. The van der Waals surface area contributed by atoms with Gasteiger partial charge in [-0.1, -0.05) is 37.0 Å². The van der Waals surface area contributed by atoms with Gasteiger partial charge in [0.05, 0.1) is 24.3 Å². The number of nitrogens with one attached hydrogen (secondary N) is 3. The predicted molar refractivity (Wildman–Crippen MR) is 177 cm³/mol. The van der Waals surface area contributed by atoms with Crippen molar-refractivity contribution in [2.24, 2.45) is 17.4 Å². The van der Waals surface area contributed by atoms with Crippen molar-refractivity contribution < 1.29 is 33.5 Å². The Morgan fingerprint density at radius 2 is 1.33 bits per heavy atom. The van der Waals surface area contributed by atoms with Crippen LogP contribution in [0.15, 0.2) is 46.2 Å². The van der Waals surface area contributed by atoms with Crippen LogP contribution in [0, 0.1) is 5.92 Å². The molecule has 2 aromatic carbocycles. The van der Waals surface area contributed by atoms with Crippen LogP contribution in [0.4, 0.5) is 9.59 Å². The van der Waals surface area contributed by atoms with E-state index in [0.29, 0.717) is 26.4 Å². The van der Waals surface area contributed by atoms with Crippen LogP contribution in [-0.2, 0) is 14.3 Å². The number of hydrogen-bond donors (Lipinski definition) is 5. The molecule has 246 valence electrons. The van der Waals surface area contributed by atoms with Crippen LogP contribution in [0.2, 0.25) is 10.0 Å². The largest absolute Gasteiger partial charge is 0.457 e. The number of halogens is 2. The van der Waals surface area contributed by atoms with Crippen LogP contribution in [0.1, 0.15) is 61.8 Å². The van der Waals surface area contributed by atoms with Crippen molar-refractivity contribution in [2.45, 2.75) is 56.4 Å². The van der Waals surface area contributed by atoms with Gasteiger partial charge in [-0.15, -0.1) is 0 Å². The third kappa shape index (κ3) is 17.0. The number of primary amides is 2. The van der Waals surface area contributed by atoms with Gasteiger partial charge in [0.1, 0.15) is 0 Å². The van der Waals surface area contributed by atoms with Gasteiger partial charge < -0.3 is 32.2 Å². The molecule has 0 aromatic heterocycles. The highest BCUT2D eigenvalue weighted by Crippen LogP contribution is 2.28. The average molecular weight is 703 g/mol. The van der Waals surface area contributed by atoms with Gasteiger partial charge in [-0.05, 0) is 86.6 Å². The van der Waals surface area contributed by atoms with Crippen molar-refractivity contribution in [3.8, 4) is 0 Å². The maximum Gasteiger partial charge on any atom is 0.372 e. The van der Waals surface area contributed by atoms with E-state index in [2.05, 4.69) is 16.0 Å². The minimum Gasteiger partial charge on any atom is -0.457 e. The Kier molecular flexibility index (Phi) is 16.8. The number of amides is 5. The minimum absolute atomic E-state index is 0.0329. The van der Waals surface area contributed by atoms with Gasteiger partial charge >= 0.3 is 5.30 Å². The zero-order valence-electron chi connectivity index (χ0n) is 25.5. The molecule has 0 spiro atoms. The Bertz CT molecular complexity index is 1400. The summed E-state index contributed by atoms with van der Waals surface area (Å²) in [4.78, 5) is 70.3. The second-order valence-electron chi connectivity index (χ2n) is 10.7. The van der Waals surface area contributed by atoms with Gasteiger partial charge in [0.15, 0.2) is 0 Å². The van der Waals surface area contributed by atoms with Crippen molar-refractivity contribution in [3.63, 3.8) is 0 Å². The summed E-state index contributed by atoms with van der Waals surface area (Å²) in [6.45, 7) is 9.55. The van der Waals surface area contributed by atoms with Crippen LogP contribution in [-0.4, -0.2) is 59.4 Å². The SMILES string of the molecule is CC(C)(C)NC(=O)Sc1ccc(Cl)cc1C(=O)NCC(N)=O.CC(C)COC(=O)Sc1ccc(Cl)cc1C(=O)NCCC(N)=O. The molecule has 0 fully saturated rings. The fourth-order valence-corrected chi connectivity index (χ4v) is 4.98. The van der Waals surface area contributed by atoms with E-state index < -0.39 is 28.9 Å². The Labute approximate surface area is 280 Å². The highest BCUT2D eigenvalue weighted by molar-refractivity contribution is 8.13. The summed E-state index contributed by atoms with van der Waals surface area (Å²) in [7, 11) is 0. The molecule has 0 aliphatic heterocycles. The van der Waals surface area contributed by atoms with Gasteiger partial charge in [-0.3, -0.25) is 24.0 Å². The molecule has 2 aromatic rings. The van der Waals surface area contributed by atoms with E-state index in [9.17, 15) is 28.8 Å². The number of nitrogens with two attached hydrogens (primary N) is 2. The van der Waals surface area contributed by atoms with Crippen molar-refractivity contribution in [2.75, 3.05) is 19.7 Å². The topological polar surface area (TPSA) is 200 Å². The molecular weight excluding hydrogens is 665 g/mol. The maximum absolute atomic E-state index is 12.2. The number of carbonyl (C=O) groups is 6. The highest BCUT2D eigenvalue weighted by atomic mass is 35.5. The van der Waals surface area contributed by atoms with E-state index >= 15 is 0 Å². The van der Waals surface area contributed by atoms with E-state index in [0.717, 1.165) is 23.5 Å². The van der Waals surface area contributed by atoms with E-state index in [1.54, 1.807) is 24.3 Å². The number of carbonyl (C=O) groups excluding carboxylic acids is 6. The summed E-state index contributed by atoms with van der Waals surface area (Å²) in [6.07, 6.45) is 0.0329. The molecule has 0 unspecified atom stereocenters. The monoisotopic (exact) mass is 701 g/mol. The molecule has 0 radical (unpaired) electrons. The van der Waals surface area contributed by atoms with E-state index in [1.165, 1.54) is 12.1 Å². The van der Waals surface area contributed by atoms with E-state index in [-0.39, 0.29) is 47.3 Å². The molecule has 0 heterocycles. The lowest BCUT2D eigenvalue weighted by atomic mass is 10.1. The van der Waals surface area contributed by atoms with Gasteiger partial charge in [-0.25, -0.2) is 4.79 Å². The molecule has 7 N–H and O–H groups in total. The van der Waals surface area contributed by atoms with Crippen LogP contribution in [0.3, 0.4) is 0 Å². The number of thioether (sulfide) groups is 2. The average Bonchev–Trinajstić information content (AvgIpc) is 2.91. The lowest BCUT2D eigenvalue weighted by molar-refractivity contribution is -0.118. The van der Waals surface area contributed by atoms with Crippen molar-refractivity contribution in [1.29, 1.82) is 0 Å². The maximum atomic E-state index is 12.2. The first-order valence-electron chi connectivity index (χ1n) is 13.4. The zero-order chi connectivity index (χ0) is 34.3. The third-order valence-electron chi connectivity index (χ3n) is 4.86. The lowest BCUT2D eigenvalue weighted by Crippen LogP contribution is -2.38. The Morgan fingerprint density at radius 1 is 0.822 bits per heavy atom. The predicted octanol–water partition coefficient (Wildman–Crippen LogP) is 4.99. The molecule has 16 heteroatoms. The Hall–Kier alpha value is -3.46. The van der Waals surface area contributed by atoms with Gasteiger partial charge in [0.25, 0.3) is 17.1 Å². The van der Waals surface area contributed by atoms with E-state index in [1.807, 2.05) is 34.6 Å². The molecule has 0 saturated carbocycles. The molecule has 5 amide bonds. The Balaban J connectivity index is 0.000000450. The molecule has 2 rings (SSSR count). The number of ether oxygens (including phenoxy) is 1. The number of hydrogen-bond acceptors (Lipinski definition) is 9. The second kappa shape index (κ2) is 19.1. The summed E-state index contributed by atoms with van der Waals surface area (Å²) in [5.74, 6) is -1.90. The fraction of sp³-hybridized carbons (Fsp3) is 0.379. The molecule has 0 atom stereocenters. The Morgan fingerprint density at radius 3 is 1.80 bits per heavy atom. The van der Waals surface area contributed by atoms with Crippen LogP contribution in [0.25, 0.3) is 0 Å². The van der Waals surface area contributed by atoms with Gasteiger partial charge in [-0.2, -0.15) is 0 Å². The molecule has 45 heavy (non-hydrogen) atoms. The number of benzene rings is 2. The van der Waals surface area contributed by atoms with Crippen molar-refractivity contribution in [1.82, 2.24) is 16.0 Å². The quantitative estimate of drug-likeness (QED) is 0.158. The molecule has 0 saturated heterocycles. The van der Waals surface area contributed by atoms with Crippen LogP contribution in [0.5, 0.6) is 0 Å².